The highest BCUT2D eigenvalue weighted by Gasteiger charge is 2.13. The first-order valence-corrected chi connectivity index (χ1v) is 12.4. The molecule has 3 aromatic rings. The molecule has 0 aliphatic rings. The molecule has 36 heavy (non-hydrogen) atoms. The number of aliphatic hydroxyl groups is 1. The van der Waals surface area contributed by atoms with E-state index in [1.54, 1.807) is 7.05 Å². The van der Waals surface area contributed by atoms with E-state index in [4.69, 9.17) is 5.84 Å². The molecule has 1 atom stereocenters. The van der Waals surface area contributed by atoms with Crippen molar-refractivity contribution in [2.24, 2.45) is 10.8 Å². The third-order valence-corrected chi connectivity index (χ3v) is 6.20. The van der Waals surface area contributed by atoms with Gasteiger partial charge in [-0.3, -0.25) is 14.8 Å². The number of thioether (sulfide) groups is 1. The number of aliphatic imine (C=N–C) groups is 1. The number of rotatable bonds is 10. The number of hydrazine groups is 1. The van der Waals surface area contributed by atoms with Crippen LogP contribution in [-0.2, 0) is 17.0 Å². The fourth-order valence-electron chi connectivity index (χ4n) is 3.42. The zero-order valence-corrected chi connectivity index (χ0v) is 21.4. The molecule has 6 N–H and O–H groups in total. The van der Waals surface area contributed by atoms with Crippen LogP contribution in [0, 0.1) is 0 Å². The highest BCUT2D eigenvalue weighted by atomic mass is 32.2. The van der Waals surface area contributed by atoms with Crippen molar-refractivity contribution in [3.8, 4) is 0 Å². The molecule has 0 saturated heterocycles. The Hall–Kier alpha value is -3.66. The van der Waals surface area contributed by atoms with Gasteiger partial charge in [-0.05, 0) is 30.3 Å². The van der Waals surface area contributed by atoms with Crippen molar-refractivity contribution in [3.05, 3.63) is 114 Å². The van der Waals surface area contributed by atoms with E-state index >= 15 is 0 Å². The quantitative estimate of drug-likeness (QED) is 0.0712. The number of benzene rings is 2. The summed E-state index contributed by atoms with van der Waals surface area (Å²) >= 11 is 1.43. The first kappa shape index (κ1) is 28.6. The van der Waals surface area contributed by atoms with Crippen LogP contribution < -0.4 is 21.9 Å². The molecule has 0 aliphatic carbocycles. The van der Waals surface area contributed by atoms with Crippen molar-refractivity contribution in [1.29, 1.82) is 0 Å². The van der Waals surface area contributed by atoms with Gasteiger partial charge in [0.2, 0.25) is 6.41 Å². The zero-order chi connectivity index (χ0) is 26.2. The van der Waals surface area contributed by atoms with Gasteiger partial charge < -0.3 is 21.2 Å². The van der Waals surface area contributed by atoms with Gasteiger partial charge >= 0.3 is 0 Å². The van der Waals surface area contributed by atoms with Crippen LogP contribution in [0.5, 0.6) is 0 Å². The van der Waals surface area contributed by atoms with Gasteiger partial charge in [-0.2, -0.15) is 0 Å². The molecule has 1 aromatic heterocycles. The Morgan fingerprint density at radius 1 is 1.06 bits per heavy atom. The number of amidine groups is 1. The number of amides is 1. The number of hydrogen-bond acceptors (Lipinski definition) is 7. The minimum Gasteiger partial charge on any atom is -0.511 e. The lowest BCUT2D eigenvalue weighted by Crippen LogP contribution is -2.31. The molecular weight excluding hydrogens is 472 g/mol. The van der Waals surface area contributed by atoms with Crippen LogP contribution in [0.15, 0.2) is 96.2 Å². The van der Waals surface area contributed by atoms with Crippen LogP contribution in [-0.4, -0.2) is 41.8 Å². The Kier molecular flexibility index (Phi) is 12.8. The van der Waals surface area contributed by atoms with Gasteiger partial charge in [0.25, 0.3) is 0 Å². The fraction of sp³-hybridized carbons (Fsp3) is 0.222. The molecular formula is C27H34N6O2S. The molecule has 0 aliphatic heterocycles. The van der Waals surface area contributed by atoms with Crippen molar-refractivity contribution >= 4 is 23.3 Å². The van der Waals surface area contributed by atoms with Crippen molar-refractivity contribution in [2.75, 3.05) is 14.1 Å². The van der Waals surface area contributed by atoms with Crippen LogP contribution in [0.4, 0.5) is 0 Å². The van der Waals surface area contributed by atoms with Crippen molar-refractivity contribution in [2.45, 2.75) is 24.3 Å². The Balaban J connectivity index is 0.000000267. The van der Waals surface area contributed by atoms with E-state index in [-0.39, 0.29) is 11.8 Å². The summed E-state index contributed by atoms with van der Waals surface area (Å²) in [6.45, 7) is 3.44. The van der Waals surface area contributed by atoms with Crippen molar-refractivity contribution in [1.82, 2.24) is 21.0 Å². The smallest absolute Gasteiger partial charge is 0.207 e. The van der Waals surface area contributed by atoms with E-state index in [1.165, 1.54) is 22.9 Å². The third kappa shape index (κ3) is 9.53. The summed E-state index contributed by atoms with van der Waals surface area (Å²) in [5, 5.41) is 15.9. The average Bonchev–Trinajstić information content (AvgIpc) is 2.91. The van der Waals surface area contributed by atoms with Crippen LogP contribution in [0.3, 0.4) is 0 Å². The van der Waals surface area contributed by atoms with E-state index in [2.05, 4.69) is 81.1 Å². The monoisotopic (exact) mass is 506 g/mol. The summed E-state index contributed by atoms with van der Waals surface area (Å²) in [5.74, 6) is 5.82. The Bertz CT molecular complexity index is 1060. The molecule has 1 heterocycles. The van der Waals surface area contributed by atoms with E-state index in [0.717, 1.165) is 11.4 Å². The highest BCUT2D eigenvalue weighted by Crippen LogP contribution is 2.20. The molecule has 0 spiro atoms. The first-order valence-electron chi connectivity index (χ1n) is 11.4. The molecule has 3 rings (SSSR count). The van der Waals surface area contributed by atoms with E-state index in [9.17, 15) is 9.90 Å². The van der Waals surface area contributed by atoms with Gasteiger partial charge in [0.1, 0.15) is 5.76 Å². The van der Waals surface area contributed by atoms with E-state index < -0.39 is 6.04 Å². The lowest BCUT2D eigenvalue weighted by atomic mass is 9.99. The summed E-state index contributed by atoms with van der Waals surface area (Å²) in [6, 6.07) is 26.3. The van der Waals surface area contributed by atoms with Gasteiger partial charge in [0, 0.05) is 24.9 Å². The van der Waals surface area contributed by atoms with Gasteiger partial charge in [-0.1, -0.05) is 85.1 Å². The molecule has 190 valence electrons. The molecule has 0 fully saturated rings. The number of carbonyl (C=O) groups excluding carboxylic acids is 1. The van der Waals surface area contributed by atoms with Crippen LogP contribution in [0.1, 0.15) is 28.6 Å². The summed E-state index contributed by atoms with van der Waals surface area (Å²) in [5.41, 5.74) is 6.68. The van der Waals surface area contributed by atoms with Crippen LogP contribution in [0.2, 0.25) is 0 Å². The zero-order valence-electron chi connectivity index (χ0n) is 20.6. The number of nitrogens with two attached hydrogens (primary N) is 1. The SMILES string of the molecule is C=C(O)C(Cc1cccc(CSC(=NC)NN)n1)NC=O.CNC(c1ccccc1)c1ccccc1. The second-order valence-corrected chi connectivity index (χ2v) is 8.62. The topological polar surface area (TPSA) is 125 Å². The molecule has 8 nitrogen and oxygen atoms in total. The van der Waals surface area contributed by atoms with Crippen LogP contribution >= 0.6 is 11.8 Å². The number of nitrogens with one attached hydrogen (secondary N) is 3. The maximum absolute atomic E-state index is 10.5. The maximum atomic E-state index is 10.5. The standard InChI is InChI=1S/C14H15N.C13H19N5O2S/c1-15-14(12-8-4-2-5-9-12)13-10-6-3-7-11-13;1-9(20)12(16-8-19)6-10-4-3-5-11(17-10)7-21-13(15-2)18-14/h2-11,14-15H,1H3;3-5,8,12,20H,1,6-7,14H2,2H3,(H,15,18)(H,16,19). The largest absolute Gasteiger partial charge is 0.511 e. The Morgan fingerprint density at radius 3 is 2.11 bits per heavy atom. The lowest BCUT2D eigenvalue weighted by molar-refractivity contribution is -0.110. The van der Waals surface area contributed by atoms with E-state index in [1.807, 2.05) is 37.4 Å². The molecule has 0 radical (unpaired) electrons. The maximum Gasteiger partial charge on any atom is 0.207 e. The summed E-state index contributed by atoms with van der Waals surface area (Å²) < 4.78 is 0. The number of nitrogens with zero attached hydrogens (tertiary/aromatic N) is 2. The second kappa shape index (κ2) is 16.1. The minimum atomic E-state index is -0.545. The normalized spacial score (nSPS) is 11.7. The van der Waals surface area contributed by atoms with Gasteiger partial charge in [-0.15, -0.1) is 0 Å². The molecule has 1 amide bonds. The number of pyridine rings is 1. The third-order valence-electron chi connectivity index (χ3n) is 5.19. The summed E-state index contributed by atoms with van der Waals surface area (Å²) in [6.07, 6.45) is 0.902. The lowest BCUT2D eigenvalue weighted by Gasteiger charge is -2.16. The Morgan fingerprint density at radius 2 is 1.64 bits per heavy atom. The highest BCUT2D eigenvalue weighted by molar-refractivity contribution is 8.13. The molecule has 9 heteroatoms. The first-order chi connectivity index (χ1) is 17.5. The minimum absolute atomic E-state index is 0.101. The number of carbonyl (C=O) groups is 1. The van der Waals surface area contributed by atoms with Gasteiger partial charge in [0.15, 0.2) is 5.17 Å². The summed E-state index contributed by atoms with van der Waals surface area (Å²) in [7, 11) is 3.64. The molecule has 0 bridgehead atoms. The average molecular weight is 507 g/mol. The van der Waals surface area contributed by atoms with Crippen molar-refractivity contribution in [3.63, 3.8) is 0 Å². The molecule has 1 unspecified atom stereocenters. The van der Waals surface area contributed by atoms with E-state index in [0.29, 0.717) is 23.8 Å². The number of aliphatic hydroxyl groups excluding tert-OH is 1. The molecule has 2 aromatic carbocycles. The predicted octanol–water partition coefficient (Wildman–Crippen LogP) is 3.49. The van der Waals surface area contributed by atoms with Gasteiger partial charge in [-0.25, -0.2) is 5.84 Å². The number of aromatic nitrogens is 1. The number of hydrogen-bond donors (Lipinski definition) is 5. The second-order valence-electron chi connectivity index (χ2n) is 7.66. The Labute approximate surface area is 217 Å². The summed E-state index contributed by atoms with van der Waals surface area (Å²) in [4.78, 5) is 18.9. The molecule has 0 saturated carbocycles. The fourth-order valence-corrected chi connectivity index (χ4v) is 4.08. The van der Waals surface area contributed by atoms with Crippen LogP contribution in [0.25, 0.3) is 0 Å². The van der Waals surface area contributed by atoms with Gasteiger partial charge in [0.05, 0.1) is 17.8 Å². The van der Waals surface area contributed by atoms with Crippen molar-refractivity contribution < 1.29 is 9.90 Å². The predicted molar refractivity (Wildman–Crippen MR) is 148 cm³/mol.